The van der Waals surface area contributed by atoms with E-state index in [2.05, 4.69) is 206 Å². The van der Waals surface area contributed by atoms with Gasteiger partial charge in [-0.15, -0.1) is 22.7 Å². The van der Waals surface area contributed by atoms with E-state index in [0.29, 0.717) is 0 Å². The van der Waals surface area contributed by atoms with Crippen molar-refractivity contribution < 1.29 is 0 Å². The first kappa shape index (κ1) is 33.3. The molecule has 0 saturated carbocycles. The molecule has 2 heterocycles. The summed E-state index contributed by atoms with van der Waals surface area (Å²) in [5.41, 5.74) is 7.35. The highest BCUT2D eigenvalue weighted by molar-refractivity contribution is 7.30. The fourth-order valence-electron chi connectivity index (χ4n) is 9.35. The van der Waals surface area contributed by atoms with Crippen LogP contribution in [0.3, 0.4) is 0 Å². The SMILES string of the molecule is c1cccc(-c2ccc(-c3ccc4sc5c(c4c3)c3ccccc3c3sc4ccccc4c35)c3ccccc23)c2ccccc2c(-c2cccc3ccccc23)cc1. The van der Waals surface area contributed by atoms with Crippen molar-refractivity contribution in [2.75, 3.05) is 0 Å². The Hall–Kier alpha value is -6.84. The topological polar surface area (TPSA) is 0 Å². The maximum absolute atomic E-state index is 2.46. The second-order valence-corrected chi connectivity index (χ2v) is 17.2. The molecular formula is C56H34S2. The second kappa shape index (κ2) is 13.4. The van der Waals surface area contributed by atoms with E-state index in [4.69, 9.17) is 0 Å². The predicted octanol–water partition coefficient (Wildman–Crippen LogP) is 17.2. The fourth-order valence-corrected chi connectivity index (χ4v) is 11.9. The molecule has 0 aliphatic carbocycles. The zero-order valence-electron chi connectivity index (χ0n) is 31.4. The second-order valence-electron chi connectivity index (χ2n) is 15.1. The smallest absolute Gasteiger partial charge is 0.0455 e. The summed E-state index contributed by atoms with van der Waals surface area (Å²) in [4.78, 5) is 0. The van der Waals surface area contributed by atoms with Gasteiger partial charge in [-0.2, -0.15) is 0 Å². The molecule has 0 saturated heterocycles. The van der Waals surface area contributed by atoms with E-state index in [1.54, 1.807) is 0 Å². The first-order valence-corrected chi connectivity index (χ1v) is 21.5. The van der Waals surface area contributed by atoms with Crippen molar-refractivity contribution >= 4 is 106 Å². The molecular weight excluding hydrogens is 737 g/mol. The highest BCUT2D eigenvalue weighted by Crippen LogP contribution is 2.50. The van der Waals surface area contributed by atoms with E-state index in [0.717, 1.165) is 0 Å². The van der Waals surface area contributed by atoms with Crippen LogP contribution in [-0.4, -0.2) is 0 Å². The number of rotatable bonds is 3. The molecule has 2 heteroatoms. The summed E-state index contributed by atoms with van der Waals surface area (Å²) in [5.74, 6) is 0. The van der Waals surface area contributed by atoms with Crippen molar-refractivity contribution in [3.05, 3.63) is 206 Å². The van der Waals surface area contributed by atoms with Crippen molar-refractivity contribution in [3.63, 3.8) is 0 Å². The average molecular weight is 771 g/mol. The van der Waals surface area contributed by atoms with Gasteiger partial charge in [0.05, 0.1) is 0 Å². The van der Waals surface area contributed by atoms with Gasteiger partial charge in [0, 0.05) is 45.7 Å². The summed E-state index contributed by atoms with van der Waals surface area (Å²) in [6.45, 7) is 0. The quantitative estimate of drug-likeness (QED) is 0.168. The Labute approximate surface area is 343 Å². The minimum Gasteiger partial charge on any atom is -0.134 e. The van der Waals surface area contributed by atoms with Crippen LogP contribution in [0.1, 0.15) is 0 Å². The lowest BCUT2D eigenvalue weighted by molar-refractivity contribution is 1.66. The maximum Gasteiger partial charge on any atom is 0.0455 e. The monoisotopic (exact) mass is 770 g/mol. The molecule has 2 aromatic heterocycles. The van der Waals surface area contributed by atoms with Crippen molar-refractivity contribution in [1.29, 1.82) is 0 Å². The Bertz CT molecular complexity index is 3690. The van der Waals surface area contributed by atoms with E-state index in [-0.39, 0.29) is 0 Å². The van der Waals surface area contributed by atoms with Crippen molar-refractivity contribution in [1.82, 2.24) is 0 Å². The lowest BCUT2D eigenvalue weighted by Gasteiger charge is -2.15. The first-order chi connectivity index (χ1) is 28.8. The molecule has 10 aromatic carbocycles. The van der Waals surface area contributed by atoms with Gasteiger partial charge in [-0.3, -0.25) is 0 Å². The summed E-state index contributed by atoms with van der Waals surface area (Å²) in [6.07, 6.45) is 0. The fraction of sp³-hybridized carbons (Fsp3) is 0. The molecule has 0 nitrogen and oxygen atoms in total. The van der Waals surface area contributed by atoms with Crippen molar-refractivity contribution in [3.8, 4) is 33.4 Å². The molecule has 58 heavy (non-hydrogen) atoms. The average Bonchev–Trinajstić information content (AvgIpc) is 3.87. The van der Waals surface area contributed by atoms with E-state index in [1.807, 2.05) is 22.7 Å². The molecule has 0 unspecified atom stereocenters. The first-order valence-electron chi connectivity index (χ1n) is 19.8. The third kappa shape index (κ3) is 5.12. The van der Waals surface area contributed by atoms with Gasteiger partial charge in [-0.1, -0.05) is 188 Å². The summed E-state index contributed by atoms with van der Waals surface area (Å²) < 4.78 is 5.45. The summed E-state index contributed by atoms with van der Waals surface area (Å²) in [6, 6.07) is 76.1. The zero-order valence-corrected chi connectivity index (χ0v) is 33.1. The lowest BCUT2D eigenvalue weighted by Crippen LogP contribution is -1.88. The Balaban J connectivity index is 1.10. The molecule has 0 fully saturated rings. The van der Waals surface area contributed by atoms with Crippen LogP contribution in [0.15, 0.2) is 206 Å². The van der Waals surface area contributed by atoms with Gasteiger partial charge in [0.1, 0.15) is 0 Å². The Kier molecular flexibility index (Phi) is 7.69. The summed E-state index contributed by atoms with van der Waals surface area (Å²) in [5, 5.41) is 15.5. The summed E-state index contributed by atoms with van der Waals surface area (Å²) >= 11 is 3.86. The number of thiophene rings is 2. The number of benzene rings is 9. The van der Waals surface area contributed by atoms with E-state index in [9.17, 15) is 0 Å². The Morgan fingerprint density at radius 1 is 0.241 bits per heavy atom. The van der Waals surface area contributed by atoms with Crippen LogP contribution < -0.4 is 0 Å². The summed E-state index contributed by atoms with van der Waals surface area (Å²) in [7, 11) is 0. The molecule has 0 aliphatic heterocycles. The number of hydrogen-bond acceptors (Lipinski definition) is 2. The van der Waals surface area contributed by atoms with Crippen LogP contribution in [0.25, 0.3) is 117 Å². The van der Waals surface area contributed by atoms with Gasteiger partial charge < -0.3 is 0 Å². The maximum atomic E-state index is 2.46. The standard InChI is InChI=1S/C56H34S2/c1-2-4-20-45(44-24-10-9-23-43(44)41(19-3-1)40-28-15-17-35-16-5-6-18-37(35)40)46-32-31-38(39-21-7-8-22-42(39)46)36-30-33-52-50(34-36)53-47-25-11-12-26-48(47)55-54(56(53)58-52)49-27-13-14-29-51(49)57-55/h1-34H. The highest BCUT2D eigenvalue weighted by atomic mass is 32.1. The molecule has 0 amide bonds. The molecule has 0 radical (unpaired) electrons. The van der Waals surface area contributed by atoms with Crippen molar-refractivity contribution in [2.24, 2.45) is 0 Å². The Morgan fingerprint density at radius 3 is 1.43 bits per heavy atom. The molecule has 270 valence electrons. The van der Waals surface area contributed by atoms with Crippen molar-refractivity contribution in [2.45, 2.75) is 0 Å². The van der Waals surface area contributed by atoms with Gasteiger partial charge in [-0.25, -0.2) is 0 Å². The number of fused-ring (bicyclic) bond motifs is 13. The number of hydrogen-bond donors (Lipinski definition) is 0. The van der Waals surface area contributed by atoms with Gasteiger partial charge in [0.2, 0.25) is 0 Å². The van der Waals surface area contributed by atoms with Crippen LogP contribution in [0.2, 0.25) is 0 Å². The molecule has 0 bridgehead atoms. The lowest BCUT2D eigenvalue weighted by atomic mass is 9.89. The highest BCUT2D eigenvalue weighted by Gasteiger charge is 2.19. The normalized spacial score (nSPS) is 11.8. The molecule has 0 atom stereocenters. The minimum absolute atomic E-state index is 1.20. The van der Waals surface area contributed by atoms with Gasteiger partial charge in [0.15, 0.2) is 0 Å². The van der Waals surface area contributed by atoms with Crippen LogP contribution in [0.4, 0.5) is 0 Å². The van der Waals surface area contributed by atoms with Gasteiger partial charge in [0.25, 0.3) is 0 Å². The van der Waals surface area contributed by atoms with Crippen LogP contribution in [-0.2, 0) is 0 Å². The minimum atomic E-state index is 1.20. The third-order valence-electron chi connectivity index (χ3n) is 11.9. The van der Waals surface area contributed by atoms with Gasteiger partial charge >= 0.3 is 0 Å². The van der Waals surface area contributed by atoms with Crippen LogP contribution >= 0.6 is 22.7 Å². The van der Waals surface area contributed by atoms with Crippen LogP contribution in [0, 0.1) is 0 Å². The molecule has 0 aliphatic rings. The molecule has 12 aromatic rings. The van der Waals surface area contributed by atoms with E-state index >= 15 is 0 Å². The van der Waals surface area contributed by atoms with E-state index in [1.165, 1.54) is 117 Å². The molecule has 0 N–H and O–H groups in total. The van der Waals surface area contributed by atoms with E-state index < -0.39 is 0 Å². The Morgan fingerprint density at radius 2 is 0.707 bits per heavy atom. The predicted molar refractivity (Wildman–Crippen MR) is 256 cm³/mol. The van der Waals surface area contributed by atoms with Gasteiger partial charge in [-0.05, 0) is 89.3 Å². The largest absolute Gasteiger partial charge is 0.134 e. The third-order valence-corrected chi connectivity index (χ3v) is 14.3. The van der Waals surface area contributed by atoms with Crippen LogP contribution in [0.5, 0.6) is 0 Å². The molecule has 12 rings (SSSR count). The molecule has 0 spiro atoms. The zero-order chi connectivity index (χ0) is 38.2.